The van der Waals surface area contributed by atoms with Crippen molar-refractivity contribution >= 4 is 21.6 Å². The molecular weight excluding hydrogens is 344 g/mol. The fourth-order valence-electron chi connectivity index (χ4n) is 2.38. The van der Waals surface area contributed by atoms with Crippen LogP contribution >= 0.6 is 0 Å². The summed E-state index contributed by atoms with van der Waals surface area (Å²) in [5, 5.41) is 2.53. The molecule has 134 valence electrons. The number of hydrogen-bond acceptors (Lipinski definition) is 5. The van der Waals surface area contributed by atoms with E-state index in [1.54, 1.807) is 11.0 Å². The van der Waals surface area contributed by atoms with Crippen molar-refractivity contribution in [3.05, 3.63) is 24.3 Å². The lowest BCUT2D eigenvalue weighted by molar-refractivity contribution is -0.117. The van der Waals surface area contributed by atoms with Crippen molar-refractivity contribution in [1.82, 2.24) is 9.21 Å². The van der Waals surface area contributed by atoms with E-state index in [1.807, 2.05) is 0 Å². The molecule has 1 aromatic carbocycles. The van der Waals surface area contributed by atoms with Gasteiger partial charge in [0.1, 0.15) is 5.75 Å². The van der Waals surface area contributed by atoms with Crippen LogP contribution < -0.4 is 10.1 Å². The third-order valence-corrected chi connectivity index (χ3v) is 4.85. The standard InChI is InChI=1S/C14H19F2N3O4S/c1-24(21,22)19-8-6-18(7-9-19)10-13(20)17-11-4-2-3-5-12(11)23-14(15)16/h2-5,14H,6-10H2,1H3,(H,17,20). The first-order valence-corrected chi connectivity index (χ1v) is 9.11. The molecule has 7 nitrogen and oxygen atoms in total. The quantitative estimate of drug-likeness (QED) is 0.809. The molecule has 0 bridgehead atoms. The van der Waals surface area contributed by atoms with E-state index in [1.165, 1.54) is 22.5 Å². The summed E-state index contributed by atoms with van der Waals surface area (Å²) in [7, 11) is -3.22. The molecule has 1 heterocycles. The smallest absolute Gasteiger partial charge is 0.387 e. The van der Waals surface area contributed by atoms with Gasteiger partial charge in [-0.3, -0.25) is 9.69 Å². The van der Waals surface area contributed by atoms with Crippen LogP contribution in [0.1, 0.15) is 0 Å². The van der Waals surface area contributed by atoms with Gasteiger partial charge in [-0.15, -0.1) is 0 Å². The summed E-state index contributed by atoms with van der Waals surface area (Å²) in [5.41, 5.74) is 0.164. The number of halogens is 2. The van der Waals surface area contributed by atoms with E-state index in [4.69, 9.17) is 0 Å². The highest BCUT2D eigenvalue weighted by molar-refractivity contribution is 7.88. The van der Waals surface area contributed by atoms with Gasteiger partial charge >= 0.3 is 6.61 Å². The molecule has 0 unspecified atom stereocenters. The summed E-state index contributed by atoms with van der Waals surface area (Å²) < 4.78 is 53.3. The van der Waals surface area contributed by atoms with Crippen LogP contribution in [-0.2, 0) is 14.8 Å². The van der Waals surface area contributed by atoms with Gasteiger partial charge in [-0.1, -0.05) is 12.1 Å². The van der Waals surface area contributed by atoms with Crippen molar-refractivity contribution in [1.29, 1.82) is 0 Å². The van der Waals surface area contributed by atoms with Gasteiger partial charge in [-0.25, -0.2) is 8.42 Å². The van der Waals surface area contributed by atoms with E-state index in [0.29, 0.717) is 26.2 Å². The number of benzene rings is 1. The Labute approximate surface area is 139 Å². The average molecular weight is 363 g/mol. The van der Waals surface area contributed by atoms with E-state index in [2.05, 4.69) is 10.1 Å². The van der Waals surface area contributed by atoms with Crippen molar-refractivity contribution in [3.63, 3.8) is 0 Å². The van der Waals surface area contributed by atoms with E-state index < -0.39 is 16.6 Å². The van der Waals surface area contributed by atoms with Crippen LogP contribution in [0.5, 0.6) is 5.75 Å². The van der Waals surface area contributed by atoms with Gasteiger partial charge < -0.3 is 10.1 Å². The molecule has 1 aromatic rings. The molecular formula is C14H19F2N3O4S. The fraction of sp³-hybridized carbons (Fsp3) is 0.500. The topological polar surface area (TPSA) is 79.0 Å². The van der Waals surface area contributed by atoms with Gasteiger partial charge in [-0.2, -0.15) is 13.1 Å². The van der Waals surface area contributed by atoms with Crippen LogP contribution in [0.3, 0.4) is 0 Å². The third kappa shape index (κ3) is 5.39. The highest BCUT2D eigenvalue weighted by Gasteiger charge is 2.24. The number of ether oxygens (including phenoxy) is 1. The Hall–Kier alpha value is -1.78. The van der Waals surface area contributed by atoms with Crippen LogP contribution in [-0.4, -0.2) is 69.1 Å². The van der Waals surface area contributed by atoms with Crippen LogP contribution in [0.2, 0.25) is 0 Å². The predicted octanol–water partition coefficient (Wildman–Crippen LogP) is 0.804. The van der Waals surface area contributed by atoms with E-state index >= 15 is 0 Å². The maximum absolute atomic E-state index is 12.3. The van der Waals surface area contributed by atoms with E-state index in [9.17, 15) is 22.0 Å². The minimum Gasteiger partial charge on any atom is -0.433 e. The molecule has 0 radical (unpaired) electrons. The summed E-state index contributed by atoms with van der Waals surface area (Å²) in [4.78, 5) is 13.9. The molecule has 0 saturated carbocycles. The first-order valence-electron chi connectivity index (χ1n) is 7.27. The zero-order valence-corrected chi connectivity index (χ0v) is 13.9. The van der Waals surface area contributed by atoms with E-state index in [0.717, 1.165) is 6.26 Å². The predicted molar refractivity (Wildman–Crippen MR) is 84.6 cm³/mol. The molecule has 24 heavy (non-hydrogen) atoms. The Morgan fingerprint density at radius 2 is 1.88 bits per heavy atom. The average Bonchev–Trinajstić information content (AvgIpc) is 2.48. The number of carbonyl (C=O) groups excluding carboxylic acids is 1. The largest absolute Gasteiger partial charge is 0.433 e. The number of rotatable bonds is 6. The molecule has 1 N–H and O–H groups in total. The fourth-order valence-corrected chi connectivity index (χ4v) is 3.21. The van der Waals surface area contributed by atoms with Gasteiger partial charge in [0.2, 0.25) is 15.9 Å². The molecule has 1 aliphatic heterocycles. The minimum absolute atomic E-state index is 0.0423. The molecule has 1 amide bonds. The van der Waals surface area contributed by atoms with Crippen molar-refractivity contribution in [2.24, 2.45) is 0 Å². The summed E-state index contributed by atoms with van der Waals surface area (Å²) in [6.07, 6.45) is 1.15. The number of alkyl halides is 2. The number of carbonyl (C=O) groups is 1. The lowest BCUT2D eigenvalue weighted by Gasteiger charge is -2.32. The van der Waals surface area contributed by atoms with Crippen molar-refractivity contribution in [3.8, 4) is 5.75 Å². The maximum Gasteiger partial charge on any atom is 0.387 e. The Morgan fingerprint density at radius 1 is 1.25 bits per heavy atom. The molecule has 1 saturated heterocycles. The second-order valence-corrected chi connectivity index (χ2v) is 7.34. The minimum atomic E-state index is -3.22. The highest BCUT2D eigenvalue weighted by Crippen LogP contribution is 2.25. The molecule has 1 fully saturated rings. The maximum atomic E-state index is 12.3. The van der Waals surface area contributed by atoms with E-state index in [-0.39, 0.29) is 23.9 Å². The first-order chi connectivity index (χ1) is 11.3. The third-order valence-electron chi connectivity index (χ3n) is 3.54. The summed E-state index contributed by atoms with van der Waals surface area (Å²) in [6, 6.07) is 5.93. The number of amides is 1. The Morgan fingerprint density at radius 3 is 2.46 bits per heavy atom. The number of piperazine rings is 1. The van der Waals surface area contributed by atoms with Gasteiger partial charge in [0, 0.05) is 26.2 Å². The van der Waals surface area contributed by atoms with Crippen LogP contribution in [0.25, 0.3) is 0 Å². The molecule has 2 rings (SSSR count). The SMILES string of the molecule is CS(=O)(=O)N1CCN(CC(=O)Nc2ccccc2OC(F)F)CC1. The number of hydrogen-bond donors (Lipinski definition) is 1. The molecule has 0 spiro atoms. The van der Waals surface area contributed by atoms with Crippen LogP contribution in [0.15, 0.2) is 24.3 Å². The number of sulfonamides is 1. The molecule has 10 heteroatoms. The van der Waals surface area contributed by atoms with Gasteiger partial charge in [0.25, 0.3) is 0 Å². The molecule has 1 aliphatic rings. The Bertz CT molecular complexity index is 676. The second kappa shape index (κ2) is 7.86. The van der Waals surface area contributed by atoms with Crippen LogP contribution in [0.4, 0.5) is 14.5 Å². The van der Waals surface area contributed by atoms with Gasteiger partial charge in [0.15, 0.2) is 0 Å². The molecule has 0 aromatic heterocycles. The number of nitrogens with zero attached hydrogens (tertiary/aromatic N) is 2. The number of anilines is 1. The summed E-state index contributed by atoms with van der Waals surface area (Å²) >= 11 is 0. The normalized spacial score (nSPS) is 17.0. The lowest BCUT2D eigenvalue weighted by Crippen LogP contribution is -2.50. The Balaban J connectivity index is 1.89. The number of para-hydroxylation sites is 2. The lowest BCUT2D eigenvalue weighted by atomic mass is 10.3. The second-order valence-electron chi connectivity index (χ2n) is 5.36. The molecule has 0 atom stereocenters. The Kier molecular flexibility index (Phi) is 6.08. The van der Waals surface area contributed by atoms with Crippen molar-refractivity contribution in [2.75, 3.05) is 44.3 Å². The first kappa shape index (κ1) is 18.6. The van der Waals surface area contributed by atoms with Gasteiger partial charge in [0.05, 0.1) is 18.5 Å². The monoisotopic (exact) mass is 363 g/mol. The van der Waals surface area contributed by atoms with Crippen LogP contribution in [0, 0.1) is 0 Å². The van der Waals surface area contributed by atoms with Crippen molar-refractivity contribution in [2.45, 2.75) is 6.61 Å². The van der Waals surface area contributed by atoms with Crippen molar-refractivity contribution < 1.29 is 26.7 Å². The zero-order chi connectivity index (χ0) is 17.7. The summed E-state index contributed by atoms with van der Waals surface area (Å²) in [6.45, 7) is -1.45. The zero-order valence-electron chi connectivity index (χ0n) is 13.1. The summed E-state index contributed by atoms with van der Waals surface area (Å²) in [5.74, 6) is -0.490. The highest BCUT2D eigenvalue weighted by atomic mass is 32.2. The number of nitrogens with one attached hydrogen (secondary N) is 1. The molecule has 0 aliphatic carbocycles. The van der Waals surface area contributed by atoms with Gasteiger partial charge in [-0.05, 0) is 12.1 Å².